The van der Waals surface area contributed by atoms with Crippen LogP contribution in [-0.2, 0) is 25.6 Å². The number of hydrogen-bond donors (Lipinski definition) is 5. The lowest BCUT2D eigenvalue weighted by molar-refractivity contribution is -0.211. The molecule has 0 aromatic heterocycles. The number of aromatic hydroxyl groups is 1. The Kier molecular flexibility index (Phi) is 7.44. The smallest absolute Gasteiger partial charge is 0.197 e. The molecular weight excluding hydrogens is 544 g/mol. The van der Waals surface area contributed by atoms with Crippen LogP contribution in [0.4, 0.5) is 0 Å². The molecule has 0 radical (unpaired) electrons. The fourth-order valence-electron chi connectivity index (χ4n) is 7.74. The maximum atomic E-state index is 14.2. The van der Waals surface area contributed by atoms with Gasteiger partial charge in [0.25, 0.3) is 0 Å². The van der Waals surface area contributed by atoms with E-state index in [-0.39, 0.29) is 36.2 Å². The standard InChI is InChI=1S/C32H38O10/c1-8-17(34)12-18(35)11-16-9-10-19-14(4)30(6)23(26(38)21(19)24(16)36)28(40)32(42)27(39)20(15(5)33)25(37)22(13(2)3)31(32,7)29(30)41/h9-10,13-14,22,29,36,39-42H,8,11-12H2,1-7H3/t14-,22?,29-,30+,31+,32+/m1/s1. The van der Waals surface area contributed by atoms with E-state index in [1.54, 1.807) is 27.7 Å². The molecule has 1 aromatic carbocycles. The molecule has 3 aliphatic rings. The van der Waals surface area contributed by atoms with Crippen LogP contribution in [0.25, 0.3) is 0 Å². The Morgan fingerprint density at radius 3 is 2.12 bits per heavy atom. The van der Waals surface area contributed by atoms with Crippen LogP contribution in [0.3, 0.4) is 0 Å². The van der Waals surface area contributed by atoms with Crippen molar-refractivity contribution in [3.05, 3.63) is 51.5 Å². The van der Waals surface area contributed by atoms with E-state index in [4.69, 9.17) is 0 Å². The largest absolute Gasteiger partial charge is 0.508 e. The molecule has 0 spiro atoms. The fraction of sp³-hybridized carbons (Fsp3) is 0.531. The van der Waals surface area contributed by atoms with Crippen molar-refractivity contribution in [2.24, 2.45) is 22.7 Å². The van der Waals surface area contributed by atoms with Crippen molar-refractivity contribution in [1.29, 1.82) is 0 Å². The lowest BCUT2D eigenvalue weighted by atomic mass is 9.41. The minimum absolute atomic E-state index is 0.0801. The molecule has 1 aromatic rings. The number of carbonyl (C=O) groups excluding carboxylic acids is 5. The molecule has 5 N–H and O–H groups in total. The maximum absolute atomic E-state index is 14.2. The summed E-state index contributed by atoms with van der Waals surface area (Å²) in [5, 5.41) is 58.7. The quantitative estimate of drug-likeness (QED) is 0.236. The number of hydrogen-bond acceptors (Lipinski definition) is 10. The van der Waals surface area contributed by atoms with Gasteiger partial charge >= 0.3 is 0 Å². The molecule has 0 heterocycles. The van der Waals surface area contributed by atoms with Gasteiger partial charge in [-0.15, -0.1) is 0 Å². The number of phenols is 1. The second-order valence-corrected chi connectivity index (χ2v) is 12.6. The number of rotatable bonds is 7. The Balaban J connectivity index is 2.03. The van der Waals surface area contributed by atoms with Crippen molar-refractivity contribution < 1.29 is 49.5 Å². The first-order valence-electron chi connectivity index (χ1n) is 14.1. The first-order chi connectivity index (χ1) is 19.3. The summed E-state index contributed by atoms with van der Waals surface area (Å²) in [7, 11) is 0. The number of Topliss-reactive ketones (excluding diaryl/α,β-unsaturated/α-hetero) is 5. The number of fused-ring (bicyclic) bond motifs is 3. The molecule has 0 bridgehead atoms. The van der Waals surface area contributed by atoms with Gasteiger partial charge in [0.1, 0.15) is 34.4 Å². The van der Waals surface area contributed by atoms with E-state index in [0.29, 0.717) is 5.56 Å². The van der Waals surface area contributed by atoms with Crippen molar-refractivity contribution in [2.75, 3.05) is 0 Å². The summed E-state index contributed by atoms with van der Waals surface area (Å²) in [5.74, 6) is -8.67. The average molecular weight is 583 g/mol. The predicted molar refractivity (Wildman–Crippen MR) is 150 cm³/mol. The lowest BCUT2D eigenvalue weighted by Gasteiger charge is -2.63. The van der Waals surface area contributed by atoms with E-state index in [0.717, 1.165) is 6.92 Å². The fourth-order valence-corrected chi connectivity index (χ4v) is 7.74. The van der Waals surface area contributed by atoms with E-state index < -0.39 is 91.8 Å². The molecule has 6 atom stereocenters. The molecule has 0 saturated heterocycles. The highest BCUT2D eigenvalue weighted by molar-refractivity contribution is 6.22. The topological polar surface area (TPSA) is 186 Å². The molecule has 1 unspecified atom stereocenters. The van der Waals surface area contributed by atoms with E-state index in [1.165, 1.54) is 26.0 Å². The van der Waals surface area contributed by atoms with E-state index in [1.807, 2.05) is 0 Å². The summed E-state index contributed by atoms with van der Waals surface area (Å²) in [6.45, 7) is 10.5. The first-order valence-corrected chi connectivity index (χ1v) is 14.1. The molecule has 3 aliphatic carbocycles. The summed E-state index contributed by atoms with van der Waals surface area (Å²) in [6, 6.07) is 3.00. The molecule has 42 heavy (non-hydrogen) atoms. The zero-order chi connectivity index (χ0) is 31.9. The van der Waals surface area contributed by atoms with Gasteiger partial charge in [-0.1, -0.05) is 53.7 Å². The van der Waals surface area contributed by atoms with Crippen molar-refractivity contribution in [1.82, 2.24) is 0 Å². The van der Waals surface area contributed by atoms with Gasteiger partial charge in [-0.2, -0.15) is 0 Å². The van der Waals surface area contributed by atoms with Gasteiger partial charge in [-0.3, -0.25) is 24.0 Å². The number of aliphatic hydroxyl groups is 4. The van der Waals surface area contributed by atoms with Gasteiger partial charge in [-0.05, 0) is 24.3 Å². The molecular formula is C32H38O10. The second kappa shape index (κ2) is 9.98. The lowest BCUT2D eigenvalue weighted by Crippen LogP contribution is -2.72. The average Bonchev–Trinajstić information content (AvgIpc) is 2.89. The Bertz CT molecular complexity index is 1510. The summed E-state index contributed by atoms with van der Waals surface area (Å²) in [4.78, 5) is 64.6. The zero-order valence-electron chi connectivity index (χ0n) is 24.9. The predicted octanol–water partition coefficient (Wildman–Crippen LogP) is 3.36. The van der Waals surface area contributed by atoms with Gasteiger partial charge in [0.2, 0.25) is 0 Å². The Labute approximate surface area is 243 Å². The van der Waals surface area contributed by atoms with Crippen LogP contribution in [0.1, 0.15) is 88.7 Å². The van der Waals surface area contributed by atoms with Crippen LogP contribution in [0, 0.1) is 22.7 Å². The van der Waals surface area contributed by atoms with Crippen LogP contribution in [0.15, 0.2) is 34.8 Å². The van der Waals surface area contributed by atoms with Gasteiger partial charge in [0.15, 0.2) is 23.0 Å². The molecule has 0 saturated carbocycles. The van der Waals surface area contributed by atoms with Crippen LogP contribution in [0.2, 0.25) is 0 Å². The van der Waals surface area contributed by atoms with Crippen LogP contribution < -0.4 is 0 Å². The molecule has 0 fully saturated rings. The second-order valence-electron chi connectivity index (χ2n) is 12.6. The molecule has 4 rings (SSSR count). The minimum atomic E-state index is -2.90. The molecule has 226 valence electrons. The number of ketones is 5. The highest BCUT2D eigenvalue weighted by Gasteiger charge is 2.75. The van der Waals surface area contributed by atoms with Crippen molar-refractivity contribution in [3.63, 3.8) is 0 Å². The van der Waals surface area contributed by atoms with E-state index in [9.17, 15) is 49.5 Å². The summed E-state index contributed by atoms with van der Waals surface area (Å²) in [6.07, 6.45) is -2.21. The van der Waals surface area contributed by atoms with Crippen molar-refractivity contribution in [2.45, 2.75) is 85.4 Å². The zero-order valence-corrected chi connectivity index (χ0v) is 24.9. The summed E-state index contributed by atoms with van der Waals surface area (Å²) >= 11 is 0. The third kappa shape index (κ3) is 3.74. The SMILES string of the molecule is CCC(=O)CC(=O)Cc1ccc2c(c1O)C(=O)C1=C(O)[C@@]3(O)C(O)=C(C(C)=O)C(=O)C(C(C)C)[C@@]3(C)[C@H](O)[C@@]1(C)[C@@H]2C. The molecule has 10 heteroatoms. The maximum Gasteiger partial charge on any atom is 0.197 e. The van der Waals surface area contributed by atoms with Gasteiger partial charge in [0.05, 0.1) is 23.7 Å². The normalized spacial score (nSPS) is 32.5. The number of benzene rings is 1. The van der Waals surface area contributed by atoms with Gasteiger partial charge < -0.3 is 25.5 Å². The third-order valence-corrected chi connectivity index (χ3v) is 10.1. The van der Waals surface area contributed by atoms with Crippen LogP contribution in [-0.4, -0.2) is 66.2 Å². The Morgan fingerprint density at radius 2 is 1.60 bits per heavy atom. The molecule has 10 nitrogen and oxygen atoms in total. The third-order valence-electron chi connectivity index (χ3n) is 10.1. The summed E-state index contributed by atoms with van der Waals surface area (Å²) in [5.41, 5.74) is -7.60. The monoisotopic (exact) mass is 582 g/mol. The highest BCUT2D eigenvalue weighted by atomic mass is 16.4. The van der Waals surface area contributed by atoms with E-state index >= 15 is 0 Å². The van der Waals surface area contributed by atoms with Crippen LogP contribution in [0.5, 0.6) is 5.75 Å². The number of aliphatic hydroxyl groups excluding tert-OH is 3. The van der Waals surface area contributed by atoms with E-state index in [2.05, 4.69) is 0 Å². The minimum Gasteiger partial charge on any atom is -0.508 e. The highest BCUT2D eigenvalue weighted by Crippen LogP contribution is 2.67. The van der Waals surface area contributed by atoms with Gasteiger partial charge in [0, 0.05) is 35.2 Å². The number of allylic oxidation sites excluding steroid dienone is 1. The molecule has 0 amide bonds. The molecule has 0 aliphatic heterocycles. The van der Waals surface area contributed by atoms with Crippen molar-refractivity contribution >= 4 is 28.9 Å². The van der Waals surface area contributed by atoms with Crippen LogP contribution >= 0.6 is 0 Å². The number of carbonyl (C=O) groups is 5. The number of phenolic OH excluding ortho intramolecular Hbond substituents is 1. The Morgan fingerprint density at radius 1 is 1.00 bits per heavy atom. The Hall–Kier alpha value is -3.63. The van der Waals surface area contributed by atoms with Crippen molar-refractivity contribution in [3.8, 4) is 5.75 Å². The summed E-state index contributed by atoms with van der Waals surface area (Å²) < 4.78 is 0. The first kappa shape index (κ1) is 31.3. The van der Waals surface area contributed by atoms with Gasteiger partial charge in [-0.25, -0.2) is 0 Å².